The van der Waals surface area contributed by atoms with Crippen molar-refractivity contribution in [2.45, 2.75) is 38.8 Å². The van der Waals surface area contributed by atoms with Gasteiger partial charge in [0.15, 0.2) is 0 Å². The van der Waals surface area contributed by atoms with Crippen LogP contribution in [0.1, 0.15) is 31.9 Å². The summed E-state index contributed by atoms with van der Waals surface area (Å²) in [6.07, 6.45) is 6.65. The first-order chi connectivity index (χ1) is 8.88. The molecule has 0 saturated carbocycles. The molecular weight excluding hydrogens is 230 g/mol. The highest BCUT2D eigenvalue weighted by Gasteiger charge is 2.16. The van der Waals surface area contributed by atoms with E-state index in [-0.39, 0.29) is 6.10 Å². The van der Waals surface area contributed by atoms with Crippen LogP contribution in [0.3, 0.4) is 0 Å². The third kappa shape index (κ3) is 4.23. The topological polar surface area (TPSA) is 56.3 Å². The minimum atomic E-state index is 0.215. The molecule has 0 unspecified atom stereocenters. The SMILES string of the molecule is CCCNCc1cncc(OC2CCOCC2)n1. The molecule has 1 fully saturated rings. The second kappa shape index (κ2) is 7.28. The molecule has 0 atom stereocenters. The lowest BCUT2D eigenvalue weighted by atomic mass is 10.2. The van der Waals surface area contributed by atoms with Crippen molar-refractivity contribution >= 4 is 0 Å². The van der Waals surface area contributed by atoms with Crippen LogP contribution in [0, 0.1) is 0 Å². The summed E-state index contributed by atoms with van der Waals surface area (Å²) in [7, 11) is 0. The molecule has 2 rings (SSSR count). The van der Waals surface area contributed by atoms with Crippen molar-refractivity contribution in [1.82, 2.24) is 15.3 Å². The van der Waals surface area contributed by atoms with Gasteiger partial charge in [0.1, 0.15) is 6.10 Å². The smallest absolute Gasteiger partial charge is 0.232 e. The molecule has 0 radical (unpaired) electrons. The van der Waals surface area contributed by atoms with Gasteiger partial charge in [0, 0.05) is 25.6 Å². The second-order valence-corrected chi connectivity index (χ2v) is 4.46. The number of aromatic nitrogens is 2. The molecular formula is C13H21N3O2. The molecule has 5 heteroatoms. The van der Waals surface area contributed by atoms with E-state index in [4.69, 9.17) is 9.47 Å². The fourth-order valence-corrected chi connectivity index (χ4v) is 1.89. The lowest BCUT2D eigenvalue weighted by molar-refractivity contribution is 0.0235. The van der Waals surface area contributed by atoms with Crippen LogP contribution < -0.4 is 10.1 Å². The highest BCUT2D eigenvalue weighted by molar-refractivity contribution is 5.08. The number of hydrogen-bond acceptors (Lipinski definition) is 5. The van der Waals surface area contributed by atoms with Crippen molar-refractivity contribution in [3.8, 4) is 5.88 Å². The van der Waals surface area contributed by atoms with Gasteiger partial charge in [0.2, 0.25) is 5.88 Å². The number of ether oxygens (including phenoxy) is 2. The van der Waals surface area contributed by atoms with E-state index in [1.165, 1.54) is 0 Å². The lowest BCUT2D eigenvalue weighted by Crippen LogP contribution is -2.26. The van der Waals surface area contributed by atoms with Crippen LogP contribution in [0.15, 0.2) is 12.4 Å². The van der Waals surface area contributed by atoms with Gasteiger partial charge in [-0.05, 0) is 13.0 Å². The van der Waals surface area contributed by atoms with E-state index in [1.807, 2.05) is 0 Å². The van der Waals surface area contributed by atoms with E-state index >= 15 is 0 Å². The molecule has 5 nitrogen and oxygen atoms in total. The molecule has 1 N–H and O–H groups in total. The van der Waals surface area contributed by atoms with Gasteiger partial charge < -0.3 is 14.8 Å². The summed E-state index contributed by atoms with van der Waals surface area (Å²) < 4.78 is 11.1. The molecule has 0 spiro atoms. The van der Waals surface area contributed by atoms with Crippen molar-refractivity contribution in [2.24, 2.45) is 0 Å². The molecule has 0 aromatic carbocycles. The largest absolute Gasteiger partial charge is 0.473 e. The van der Waals surface area contributed by atoms with Crippen LogP contribution in [-0.2, 0) is 11.3 Å². The average Bonchev–Trinajstić information content (AvgIpc) is 2.41. The zero-order valence-electron chi connectivity index (χ0n) is 10.9. The summed E-state index contributed by atoms with van der Waals surface area (Å²) in [6, 6.07) is 0. The number of nitrogens with one attached hydrogen (secondary N) is 1. The maximum Gasteiger partial charge on any atom is 0.232 e. The van der Waals surface area contributed by atoms with Crippen LogP contribution in [-0.4, -0.2) is 35.8 Å². The fraction of sp³-hybridized carbons (Fsp3) is 0.692. The molecule has 2 heterocycles. The van der Waals surface area contributed by atoms with Crippen LogP contribution in [0.4, 0.5) is 0 Å². The van der Waals surface area contributed by atoms with Crippen molar-refractivity contribution in [3.63, 3.8) is 0 Å². The number of rotatable bonds is 6. The van der Waals surface area contributed by atoms with E-state index in [0.29, 0.717) is 5.88 Å². The van der Waals surface area contributed by atoms with E-state index in [9.17, 15) is 0 Å². The summed E-state index contributed by atoms with van der Waals surface area (Å²) in [6.45, 7) is 5.42. The predicted molar refractivity (Wildman–Crippen MR) is 68.5 cm³/mol. The van der Waals surface area contributed by atoms with Gasteiger partial charge in [-0.2, -0.15) is 0 Å². The summed E-state index contributed by atoms with van der Waals surface area (Å²) in [4.78, 5) is 8.62. The van der Waals surface area contributed by atoms with Gasteiger partial charge in [-0.1, -0.05) is 6.92 Å². The molecule has 1 aromatic heterocycles. The number of hydrogen-bond donors (Lipinski definition) is 1. The monoisotopic (exact) mass is 251 g/mol. The molecule has 18 heavy (non-hydrogen) atoms. The Balaban J connectivity index is 1.85. The Hall–Kier alpha value is -1.20. The van der Waals surface area contributed by atoms with Crippen LogP contribution in [0.25, 0.3) is 0 Å². The molecule has 0 bridgehead atoms. The Morgan fingerprint density at radius 3 is 3.00 bits per heavy atom. The summed E-state index contributed by atoms with van der Waals surface area (Å²) in [5.74, 6) is 0.623. The van der Waals surface area contributed by atoms with Crippen molar-refractivity contribution < 1.29 is 9.47 Å². The van der Waals surface area contributed by atoms with E-state index in [0.717, 1.165) is 51.3 Å². The Kier molecular flexibility index (Phi) is 5.36. The van der Waals surface area contributed by atoms with Gasteiger partial charge in [0.05, 0.1) is 25.1 Å². The Labute approximate surface area is 108 Å². The second-order valence-electron chi connectivity index (χ2n) is 4.46. The lowest BCUT2D eigenvalue weighted by Gasteiger charge is -2.22. The molecule has 0 amide bonds. The molecule has 1 aliphatic heterocycles. The minimum Gasteiger partial charge on any atom is -0.473 e. The van der Waals surface area contributed by atoms with Crippen molar-refractivity contribution in [3.05, 3.63) is 18.1 Å². The third-order valence-corrected chi connectivity index (χ3v) is 2.85. The highest BCUT2D eigenvalue weighted by atomic mass is 16.5. The molecule has 1 saturated heterocycles. The van der Waals surface area contributed by atoms with Gasteiger partial charge in [-0.3, -0.25) is 4.98 Å². The maximum absolute atomic E-state index is 5.82. The van der Waals surface area contributed by atoms with Crippen LogP contribution in [0.2, 0.25) is 0 Å². The molecule has 1 aliphatic rings. The van der Waals surface area contributed by atoms with Crippen LogP contribution >= 0.6 is 0 Å². The molecule has 1 aromatic rings. The first kappa shape index (κ1) is 13.2. The summed E-state index contributed by atoms with van der Waals surface area (Å²) in [5, 5.41) is 3.30. The average molecular weight is 251 g/mol. The Morgan fingerprint density at radius 2 is 2.22 bits per heavy atom. The number of nitrogens with zero attached hydrogens (tertiary/aromatic N) is 2. The molecule has 100 valence electrons. The first-order valence-electron chi connectivity index (χ1n) is 6.64. The first-order valence-corrected chi connectivity index (χ1v) is 6.64. The van der Waals surface area contributed by atoms with Crippen molar-refractivity contribution in [1.29, 1.82) is 0 Å². The normalized spacial score (nSPS) is 16.7. The minimum absolute atomic E-state index is 0.215. The fourth-order valence-electron chi connectivity index (χ4n) is 1.89. The zero-order chi connectivity index (χ0) is 12.6. The van der Waals surface area contributed by atoms with Crippen LogP contribution in [0.5, 0.6) is 5.88 Å². The Morgan fingerprint density at radius 1 is 1.39 bits per heavy atom. The van der Waals surface area contributed by atoms with Gasteiger partial charge >= 0.3 is 0 Å². The quantitative estimate of drug-likeness (QED) is 0.777. The van der Waals surface area contributed by atoms with E-state index in [2.05, 4.69) is 22.2 Å². The van der Waals surface area contributed by atoms with E-state index in [1.54, 1.807) is 12.4 Å². The van der Waals surface area contributed by atoms with E-state index < -0.39 is 0 Å². The predicted octanol–water partition coefficient (Wildman–Crippen LogP) is 1.53. The zero-order valence-corrected chi connectivity index (χ0v) is 10.9. The molecule has 0 aliphatic carbocycles. The van der Waals surface area contributed by atoms with Gasteiger partial charge in [-0.15, -0.1) is 0 Å². The van der Waals surface area contributed by atoms with Gasteiger partial charge in [0.25, 0.3) is 0 Å². The van der Waals surface area contributed by atoms with Gasteiger partial charge in [-0.25, -0.2) is 4.98 Å². The highest BCUT2D eigenvalue weighted by Crippen LogP contribution is 2.15. The van der Waals surface area contributed by atoms with Crippen molar-refractivity contribution in [2.75, 3.05) is 19.8 Å². The standard InChI is InChI=1S/C13H21N3O2/c1-2-5-14-8-11-9-15-10-13(16-11)18-12-3-6-17-7-4-12/h9-10,12,14H,2-8H2,1H3. The maximum atomic E-state index is 5.82. The third-order valence-electron chi connectivity index (χ3n) is 2.85. The summed E-state index contributed by atoms with van der Waals surface area (Å²) >= 11 is 0. The summed E-state index contributed by atoms with van der Waals surface area (Å²) in [5.41, 5.74) is 0.924. The Bertz CT molecular complexity index is 354.